The molecular formula is C25H32N2O4S2. The molecule has 2 heterocycles. The van der Waals surface area contributed by atoms with Crippen molar-refractivity contribution < 1.29 is 19.1 Å². The number of hydrogen-bond acceptors (Lipinski definition) is 6. The minimum absolute atomic E-state index is 0.106. The van der Waals surface area contributed by atoms with Gasteiger partial charge in [0.2, 0.25) is 0 Å². The molecule has 0 aliphatic carbocycles. The SMILES string of the molecule is CCCCCCCN1C(=O)/C(=C2\SC(=S)N(CCCCCC(=O)OC)C2=O)c2ccccc21. The molecule has 33 heavy (non-hydrogen) atoms. The Morgan fingerprint density at radius 3 is 2.33 bits per heavy atom. The Bertz CT molecular complexity index is 944. The van der Waals surface area contributed by atoms with Gasteiger partial charge in [0.25, 0.3) is 11.8 Å². The summed E-state index contributed by atoms with van der Waals surface area (Å²) >= 11 is 6.70. The van der Waals surface area contributed by atoms with Crippen LogP contribution in [0.25, 0.3) is 5.57 Å². The van der Waals surface area contributed by atoms with Crippen molar-refractivity contribution in [3.05, 3.63) is 34.7 Å². The second-order valence-electron chi connectivity index (χ2n) is 8.30. The summed E-state index contributed by atoms with van der Waals surface area (Å²) in [4.78, 5) is 41.7. The van der Waals surface area contributed by atoms with Crippen molar-refractivity contribution in [1.82, 2.24) is 4.90 Å². The number of ether oxygens (including phenoxy) is 1. The molecule has 1 saturated heterocycles. The lowest BCUT2D eigenvalue weighted by Gasteiger charge is -2.17. The molecule has 0 N–H and O–H groups in total. The van der Waals surface area contributed by atoms with E-state index in [4.69, 9.17) is 12.2 Å². The third-order valence-corrected chi connectivity index (χ3v) is 7.42. The molecule has 0 aromatic heterocycles. The fourth-order valence-corrected chi connectivity index (χ4v) is 5.54. The molecule has 0 radical (unpaired) electrons. The second kappa shape index (κ2) is 12.3. The number of carbonyl (C=O) groups excluding carboxylic acids is 3. The fraction of sp³-hybridized carbons (Fsp3) is 0.520. The first kappa shape index (κ1) is 25.4. The Balaban J connectivity index is 1.70. The summed E-state index contributed by atoms with van der Waals surface area (Å²) in [7, 11) is 1.38. The molecule has 3 rings (SSSR count). The average molecular weight is 489 g/mol. The van der Waals surface area contributed by atoms with Crippen molar-refractivity contribution in [2.75, 3.05) is 25.1 Å². The first-order valence-electron chi connectivity index (χ1n) is 11.8. The summed E-state index contributed by atoms with van der Waals surface area (Å²) in [5.74, 6) is -0.523. The summed E-state index contributed by atoms with van der Waals surface area (Å²) in [5.41, 5.74) is 2.17. The lowest BCUT2D eigenvalue weighted by molar-refractivity contribution is -0.140. The molecule has 6 nitrogen and oxygen atoms in total. The number of esters is 1. The number of hydrogen-bond donors (Lipinski definition) is 0. The summed E-state index contributed by atoms with van der Waals surface area (Å²) in [6, 6.07) is 7.70. The third-order valence-electron chi connectivity index (χ3n) is 5.97. The number of carbonyl (C=O) groups is 3. The normalized spacial score (nSPS) is 17.8. The molecule has 0 atom stereocenters. The molecule has 0 saturated carbocycles. The number of amides is 2. The molecule has 0 spiro atoms. The zero-order valence-corrected chi connectivity index (χ0v) is 21.1. The molecule has 2 aliphatic rings. The fourth-order valence-electron chi connectivity index (χ4n) is 4.16. The Morgan fingerprint density at radius 2 is 1.61 bits per heavy atom. The number of benzene rings is 1. The Hall–Kier alpha value is -2.19. The predicted octanol–water partition coefficient (Wildman–Crippen LogP) is 5.31. The molecule has 178 valence electrons. The highest BCUT2D eigenvalue weighted by atomic mass is 32.2. The quantitative estimate of drug-likeness (QED) is 0.172. The number of para-hydroxylation sites is 1. The minimum Gasteiger partial charge on any atom is -0.469 e. The maximum atomic E-state index is 13.4. The highest BCUT2D eigenvalue weighted by molar-refractivity contribution is 8.26. The first-order valence-corrected chi connectivity index (χ1v) is 13.0. The van der Waals surface area contributed by atoms with Crippen molar-refractivity contribution >= 4 is 57.3 Å². The van der Waals surface area contributed by atoms with Gasteiger partial charge in [0.05, 0.1) is 23.3 Å². The van der Waals surface area contributed by atoms with Crippen LogP contribution in [0.1, 0.15) is 70.3 Å². The van der Waals surface area contributed by atoms with Crippen LogP contribution >= 0.6 is 24.0 Å². The van der Waals surface area contributed by atoms with Crippen molar-refractivity contribution in [2.24, 2.45) is 0 Å². The lowest BCUT2D eigenvalue weighted by atomic mass is 10.1. The summed E-state index contributed by atoms with van der Waals surface area (Å²) in [6.07, 6.45) is 8.22. The van der Waals surface area contributed by atoms with Gasteiger partial charge in [-0.1, -0.05) is 81.2 Å². The number of nitrogens with zero attached hydrogens (tertiary/aromatic N) is 2. The molecular weight excluding hydrogens is 456 g/mol. The van der Waals surface area contributed by atoms with E-state index in [1.165, 1.54) is 38.1 Å². The molecule has 2 aliphatic heterocycles. The van der Waals surface area contributed by atoms with Crippen molar-refractivity contribution in [1.29, 1.82) is 0 Å². The Kier molecular flexibility index (Phi) is 9.50. The van der Waals surface area contributed by atoms with Crippen molar-refractivity contribution in [2.45, 2.75) is 64.7 Å². The van der Waals surface area contributed by atoms with Gasteiger partial charge in [-0.15, -0.1) is 0 Å². The van der Waals surface area contributed by atoms with Gasteiger partial charge in [-0.25, -0.2) is 0 Å². The summed E-state index contributed by atoms with van der Waals surface area (Å²) in [6.45, 7) is 3.33. The zero-order chi connectivity index (χ0) is 23.8. The van der Waals surface area contributed by atoms with Gasteiger partial charge in [-0.2, -0.15) is 0 Å². The maximum Gasteiger partial charge on any atom is 0.305 e. The van der Waals surface area contributed by atoms with E-state index in [1.54, 1.807) is 4.90 Å². The van der Waals surface area contributed by atoms with E-state index in [9.17, 15) is 14.4 Å². The van der Waals surface area contributed by atoms with Crippen molar-refractivity contribution in [3.63, 3.8) is 0 Å². The van der Waals surface area contributed by atoms with Gasteiger partial charge in [0.1, 0.15) is 4.32 Å². The maximum absolute atomic E-state index is 13.4. The molecule has 1 aromatic carbocycles. The van der Waals surface area contributed by atoms with E-state index in [1.807, 2.05) is 29.2 Å². The minimum atomic E-state index is -0.223. The molecule has 0 unspecified atom stereocenters. The lowest BCUT2D eigenvalue weighted by Crippen LogP contribution is -2.30. The van der Waals surface area contributed by atoms with Gasteiger partial charge >= 0.3 is 5.97 Å². The zero-order valence-electron chi connectivity index (χ0n) is 19.4. The van der Waals surface area contributed by atoms with E-state index >= 15 is 0 Å². The number of unbranched alkanes of at least 4 members (excludes halogenated alkanes) is 6. The van der Waals surface area contributed by atoms with Crippen LogP contribution in [0.4, 0.5) is 5.69 Å². The van der Waals surface area contributed by atoms with Crippen LogP contribution < -0.4 is 4.90 Å². The highest BCUT2D eigenvalue weighted by Gasteiger charge is 2.41. The van der Waals surface area contributed by atoms with Gasteiger partial charge in [-0.3, -0.25) is 19.3 Å². The average Bonchev–Trinajstić information content (AvgIpc) is 3.25. The number of rotatable bonds is 12. The van der Waals surface area contributed by atoms with Gasteiger partial charge in [0.15, 0.2) is 0 Å². The summed E-state index contributed by atoms with van der Waals surface area (Å²) in [5, 5.41) is 0. The van der Waals surface area contributed by atoms with Crippen LogP contribution in [0.5, 0.6) is 0 Å². The van der Waals surface area contributed by atoms with Crippen LogP contribution in [0.15, 0.2) is 29.2 Å². The number of fused-ring (bicyclic) bond motifs is 1. The molecule has 1 aromatic rings. The van der Waals surface area contributed by atoms with Gasteiger partial charge in [-0.05, 0) is 25.3 Å². The molecule has 8 heteroatoms. The monoisotopic (exact) mass is 488 g/mol. The number of thiocarbonyl (C=S) groups is 1. The third kappa shape index (κ3) is 6.03. The van der Waals surface area contributed by atoms with E-state index in [-0.39, 0.29) is 17.8 Å². The number of methoxy groups -OCH3 is 1. The number of anilines is 1. The van der Waals surface area contributed by atoms with E-state index in [0.29, 0.717) is 40.7 Å². The van der Waals surface area contributed by atoms with Crippen LogP contribution in [-0.4, -0.2) is 47.2 Å². The van der Waals surface area contributed by atoms with E-state index in [2.05, 4.69) is 11.7 Å². The van der Waals surface area contributed by atoms with Gasteiger partial charge in [0, 0.05) is 25.1 Å². The van der Waals surface area contributed by atoms with Crippen LogP contribution in [0.2, 0.25) is 0 Å². The number of thioether (sulfide) groups is 1. The first-order chi connectivity index (χ1) is 16.0. The van der Waals surface area contributed by atoms with E-state index < -0.39 is 0 Å². The van der Waals surface area contributed by atoms with E-state index in [0.717, 1.165) is 36.9 Å². The smallest absolute Gasteiger partial charge is 0.305 e. The molecule has 1 fully saturated rings. The van der Waals surface area contributed by atoms with Crippen LogP contribution in [0, 0.1) is 0 Å². The Morgan fingerprint density at radius 1 is 0.939 bits per heavy atom. The second-order valence-corrected chi connectivity index (χ2v) is 9.95. The highest BCUT2D eigenvalue weighted by Crippen LogP contribution is 2.44. The van der Waals surface area contributed by atoms with Crippen LogP contribution in [0.3, 0.4) is 0 Å². The molecule has 0 bridgehead atoms. The van der Waals surface area contributed by atoms with Crippen LogP contribution in [-0.2, 0) is 19.1 Å². The largest absolute Gasteiger partial charge is 0.469 e. The Labute approximate surface area is 205 Å². The predicted molar refractivity (Wildman–Crippen MR) is 137 cm³/mol. The standard InChI is InChI=1S/C25H32N2O4S2/c1-3-4-5-6-11-16-26-19-14-10-9-13-18(19)21(23(26)29)22-24(30)27(25(32)33-22)17-12-7-8-15-20(28)31-2/h9-10,13-14H,3-8,11-12,15-17H2,1-2H3/b22-21-. The molecule has 2 amide bonds. The topological polar surface area (TPSA) is 66.9 Å². The van der Waals surface area contributed by atoms with Crippen molar-refractivity contribution in [3.8, 4) is 0 Å². The summed E-state index contributed by atoms with van der Waals surface area (Å²) < 4.78 is 5.14. The van der Waals surface area contributed by atoms with Gasteiger partial charge < -0.3 is 9.64 Å².